The van der Waals surface area contributed by atoms with Gasteiger partial charge in [-0.15, -0.1) is 0 Å². The van der Waals surface area contributed by atoms with Gasteiger partial charge in [0.05, 0.1) is 30.0 Å². The molecule has 2 amide bonds. The van der Waals surface area contributed by atoms with Crippen molar-refractivity contribution in [1.82, 2.24) is 20.3 Å². The van der Waals surface area contributed by atoms with E-state index in [-0.39, 0.29) is 17.9 Å². The van der Waals surface area contributed by atoms with Crippen molar-refractivity contribution in [2.45, 2.75) is 25.8 Å². The second kappa shape index (κ2) is 9.54. The fourth-order valence-corrected chi connectivity index (χ4v) is 4.23. The molecule has 4 heterocycles. The molecule has 1 aromatic carbocycles. The van der Waals surface area contributed by atoms with Gasteiger partial charge in [0, 0.05) is 55.8 Å². The summed E-state index contributed by atoms with van der Waals surface area (Å²) in [6.45, 7) is 2.98. The molecule has 9 nitrogen and oxygen atoms in total. The molecule has 1 fully saturated rings. The SMILES string of the molecule is CC(=O)N(C)c1cnc(N2CCC(NC(=O)c3ccc(-c4nccc5occc45)cc3)CC2)nc1. The molecule has 3 aromatic heterocycles. The molecule has 5 rings (SSSR count). The van der Waals surface area contributed by atoms with Crippen LogP contribution in [0.5, 0.6) is 0 Å². The van der Waals surface area contributed by atoms with Gasteiger partial charge in [0.2, 0.25) is 11.9 Å². The van der Waals surface area contributed by atoms with Gasteiger partial charge in [-0.1, -0.05) is 12.1 Å². The Bertz CT molecular complexity index is 1340. The van der Waals surface area contributed by atoms with E-state index in [0.29, 0.717) is 17.2 Å². The first kappa shape index (κ1) is 22.5. The Morgan fingerprint density at radius 1 is 1.03 bits per heavy atom. The first-order valence-electron chi connectivity index (χ1n) is 11.5. The van der Waals surface area contributed by atoms with E-state index in [1.807, 2.05) is 36.4 Å². The Labute approximate surface area is 202 Å². The van der Waals surface area contributed by atoms with Crippen molar-refractivity contribution in [3.63, 3.8) is 0 Å². The molecule has 0 aliphatic carbocycles. The Kier molecular flexibility index (Phi) is 6.13. The van der Waals surface area contributed by atoms with Gasteiger partial charge in [-0.2, -0.15) is 0 Å². The van der Waals surface area contributed by atoms with E-state index < -0.39 is 0 Å². The van der Waals surface area contributed by atoms with Crippen LogP contribution in [0.15, 0.2) is 65.7 Å². The maximum atomic E-state index is 12.8. The molecule has 9 heteroatoms. The average Bonchev–Trinajstić information content (AvgIpc) is 3.38. The van der Waals surface area contributed by atoms with Gasteiger partial charge in [-0.25, -0.2) is 9.97 Å². The summed E-state index contributed by atoms with van der Waals surface area (Å²) in [7, 11) is 1.69. The molecule has 0 spiro atoms. The second-order valence-electron chi connectivity index (χ2n) is 8.62. The number of rotatable bonds is 5. The van der Waals surface area contributed by atoms with E-state index >= 15 is 0 Å². The predicted octanol–water partition coefficient (Wildman–Crippen LogP) is 3.67. The van der Waals surface area contributed by atoms with Crippen LogP contribution < -0.4 is 15.1 Å². The summed E-state index contributed by atoms with van der Waals surface area (Å²) in [6, 6.07) is 11.3. The predicted molar refractivity (Wildman–Crippen MR) is 133 cm³/mol. The summed E-state index contributed by atoms with van der Waals surface area (Å²) in [5.41, 5.74) is 3.82. The lowest BCUT2D eigenvalue weighted by Crippen LogP contribution is -2.45. The van der Waals surface area contributed by atoms with Crippen molar-refractivity contribution in [2.24, 2.45) is 0 Å². The number of nitrogens with zero attached hydrogens (tertiary/aromatic N) is 5. The van der Waals surface area contributed by atoms with Crippen molar-refractivity contribution < 1.29 is 14.0 Å². The van der Waals surface area contributed by atoms with Crippen LogP contribution in [-0.4, -0.2) is 52.9 Å². The van der Waals surface area contributed by atoms with Gasteiger partial charge in [0.1, 0.15) is 5.58 Å². The van der Waals surface area contributed by atoms with Crippen LogP contribution in [0.4, 0.5) is 11.6 Å². The van der Waals surface area contributed by atoms with Crippen LogP contribution in [0, 0.1) is 0 Å². The molecule has 0 bridgehead atoms. The number of hydrogen-bond donors (Lipinski definition) is 1. The fraction of sp³-hybridized carbons (Fsp3) is 0.269. The van der Waals surface area contributed by atoms with Gasteiger partial charge < -0.3 is 19.5 Å². The molecular weight excluding hydrogens is 444 g/mol. The minimum Gasteiger partial charge on any atom is -0.464 e. The zero-order valence-electron chi connectivity index (χ0n) is 19.6. The number of nitrogens with one attached hydrogen (secondary N) is 1. The van der Waals surface area contributed by atoms with Crippen molar-refractivity contribution in [2.75, 3.05) is 29.9 Å². The lowest BCUT2D eigenvalue weighted by molar-refractivity contribution is -0.116. The molecule has 0 radical (unpaired) electrons. The molecule has 35 heavy (non-hydrogen) atoms. The lowest BCUT2D eigenvalue weighted by atomic mass is 10.0. The normalized spacial score (nSPS) is 14.2. The number of fused-ring (bicyclic) bond motifs is 1. The summed E-state index contributed by atoms with van der Waals surface area (Å²) < 4.78 is 5.46. The largest absolute Gasteiger partial charge is 0.464 e. The number of anilines is 2. The number of amides is 2. The van der Waals surface area contributed by atoms with Crippen LogP contribution in [-0.2, 0) is 4.79 Å². The number of hydrogen-bond acceptors (Lipinski definition) is 7. The highest BCUT2D eigenvalue weighted by molar-refractivity contribution is 5.96. The van der Waals surface area contributed by atoms with Crippen LogP contribution in [0.1, 0.15) is 30.1 Å². The highest BCUT2D eigenvalue weighted by Crippen LogP contribution is 2.27. The molecule has 0 atom stereocenters. The molecule has 1 aliphatic rings. The highest BCUT2D eigenvalue weighted by atomic mass is 16.3. The van der Waals surface area contributed by atoms with E-state index in [2.05, 4.69) is 25.2 Å². The van der Waals surface area contributed by atoms with Gasteiger partial charge >= 0.3 is 0 Å². The van der Waals surface area contributed by atoms with Gasteiger partial charge in [-0.3, -0.25) is 14.6 Å². The molecule has 0 saturated carbocycles. The maximum absolute atomic E-state index is 12.8. The third-order valence-corrected chi connectivity index (χ3v) is 6.40. The topological polar surface area (TPSA) is 104 Å². The monoisotopic (exact) mass is 470 g/mol. The first-order valence-corrected chi connectivity index (χ1v) is 11.5. The number of carbonyl (C=O) groups excluding carboxylic acids is 2. The van der Waals surface area contributed by atoms with E-state index in [0.717, 1.165) is 48.2 Å². The lowest BCUT2D eigenvalue weighted by Gasteiger charge is -2.32. The third-order valence-electron chi connectivity index (χ3n) is 6.40. The number of benzene rings is 1. The van der Waals surface area contributed by atoms with Crippen LogP contribution in [0.3, 0.4) is 0 Å². The summed E-state index contributed by atoms with van der Waals surface area (Å²) in [5.74, 6) is 0.476. The van der Waals surface area contributed by atoms with Crippen molar-refractivity contribution in [3.8, 4) is 11.3 Å². The smallest absolute Gasteiger partial charge is 0.251 e. The summed E-state index contributed by atoms with van der Waals surface area (Å²) >= 11 is 0. The van der Waals surface area contributed by atoms with Crippen LogP contribution in [0.2, 0.25) is 0 Å². The Morgan fingerprint density at radius 3 is 2.43 bits per heavy atom. The first-order chi connectivity index (χ1) is 17.0. The number of carbonyl (C=O) groups is 2. The van der Waals surface area contributed by atoms with Gasteiger partial charge in [0.25, 0.3) is 5.91 Å². The number of aromatic nitrogens is 3. The molecular formula is C26H26N6O3. The van der Waals surface area contributed by atoms with Crippen molar-refractivity contribution >= 4 is 34.4 Å². The number of piperidine rings is 1. The number of pyridine rings is 1. The van der Waals surface area contributed by atoms with Gasteiger partial charge in [-0.05, 0) is 37.1 Å². The molecule has 4 aromatic rings. The highest BCUT2D eigenvalue weighted by Gasteiger charge is 2.23. The standard InChI is InChI=1S/C26H26N6O3/c1-17(33)31(2)21-15-28-26(29-16-21)32-12-8-20(9-13-32)30-25(34)19-5-3-18(4-6-19)24-22-10-14-35-23(22)7-11-27-24/h3-7,10-11,14-16,20H,8-9,12-13H2,1-2H3,(H,30,34). The molecule has 1 aliphatic heterocycles. The van der Waals surface area contributed by atoms with Crippen molar-refractivity contribution in [3.05, 3.63) is 66.8 Å². The third kappa shape index (κ3) is 4.70. The summed E-state index contributed by atoms with van der Waals surface area (Å²) in [6.07, 6.45) is 8.28. The average molecular weight is 471 g/mol. The number of furan rings is 1. The van der Waals surface area contributed by atoms with E-state index in [9.17, 15) is 9.59 Å². The van der Waals surface area contributed by atoms with E-state index in [1.165, 1.54) is 11.8 Å². The van der Waals surface area contributed by atoms with Gasteiger partial charge in [0.15, 0.2) is 0 Å². The van der Waals surface area contributed by atoms with Crippen LogP contribution in [0.25, 0.3) is 22.2 Å². The van der Waals surface area contributed by atoms with Crippen molar-refractivity contribution in [1.29, 1.82) is 0 Å². The molecule has 0 unspecified atom stereocenters. The van der Waals surface area contributed by atoms with Crippen LogP contribution >= 0.6 is 0 Å². The van der Waals surface area contributed by atoms with E-state index in [1.54, 1.807) is 31.9 Å². The van der Waals surface area contributed by atoms with E-state index in [4.69, 9.17) is 4.42 Å². The zero-order valence-corrected chi connectivity index (χ0v) is 19.6. The molecule has 178 valence electrons. The minimum absolute atomic E-state index is 0.0699. The Hall–Kier alpha value is -4.27. The Morgan fingerprint density at radius 2 is 1.74 bits per heavy atom. The second-order valence-corrected chi connectivity index (χ2v) is 8.62. The molecule has 1 N–H and O–H groups in total. The quantitative estimate of drug-likeness (QED) is 0.475. The minimum atomic E-state index is -0.0858. The fourth-order valence-electron chi connectivity index (χ4n) is 4.23. The maximum Gasteiger partial charge on any atom is 0.251 e. The zero-order chi connectivity index (χ0) is 24.4. The summed E-state index contributed by atoms with van der Waals surface area (Å²) in [5, 5.41) is 4.09. The molecule has 1 saturated heterocycles. The Balaban J connectivity index is 1.17. The summed E-state index contributed by atoms with van der Waals surface area (Å²) in [4.78, 5) is 41.2.